The fraction of sp³-hybridized carbons (Fsp3) is 0.100. The van der Waals surface area contributed by atoms with Crippen molar-refractivity contribution in [1.82, 2.24) is 4.98 Å². The first-order valence-corrected chi connectivity index (χ1v) is 15.1. The first-order valence-electron chi connectivity index (χ1n) is 14.7. The van der Waals surface area contributed by atoms with Crippen LogP contribution in [0.25, 0.3) is 77.1 Å². The molecule has 0 bridgehead atoms. The Morgan fingerprint density at radius 2 is 1.19 bits per heavy atom. The molecule has 0 aliphatic carbocycles. The predicted molar refractivity (Wildman–Crippen MR) is 183 cm³/mol. The van der Waals surface area contributed by atoms with Gasteiger partial charge >= 0.3 is 0 Å². The van der Waals surface area contributed by atoms with E-state index in [1.54, 1.807) is 0 Å². The molecule has 208 valence electrons. The average molecular weight is 576 g/mol. The van der Waals surface area contributed by atoms with Gasteiger partial charge in [-0.25, -0.2) is 0 Å². The molecule has 0 unspecified atom stereocenters. The average Bonchev–Trinajstić information content (AvgIpc) is 3.54. The summed E-state index contributed by atoms with van der Waals surface area (Å²) in [4.78, 5) is 3.81. The molecule has 3 heteroatoms. The molecular weight excluding hydrogens is 546 g/mol. The van der Waals surface area contributed by atoms with E-state index in [4.69, 9.17) is 16.0 Å². The monoisotopic (exact) mass is 575 g/mol. The zero-order valence-electron chi connectivity index (χ0n) is 24.6. The Hall–Kier alpha value is -4.79. The van der Waals surface area contributed by atoms with E-state index >= 15 is 0 Å². The fourth-order valence-corrected chi connectivity index (χ4v) is 7.29. The molecule has 0 saturated carbocycles. The zero-order valence-corrected chi connectivity index (χ0v) is 25.4. The number of hydrogen-bond acceptors (Lipinski definition) is 1. The van der Waals surface area contributed by atoms with Crippen LogP contribution in [0, 0.1) is 27.7 Å². The van der Waals surface area contributed by atoms with Gasteiger partial charge in [-0.3, -0.25) is 0 Å². The summed E-state index contributed by atoms with van der Waals surface area (Å²) in [7, 11) is 0. The molecule has 0 spiro atoms. The minimum absolute atomic E-state index is 0.653. The number of para-hydroxylation sites is 1. The lowest BCUT2D eigenvalue weighted by atomic mass is 9.89. The summed E-state index contributed by atoms with van der Waals surface area (Å²) in [6.45, 7) is 8.78. The number of furan rings is 1. The highest BCUT2D eigenvalue weighted by Gasteiger charge is 2.20. The van der Waals surface area contributed by atoms with Crippen molar-refractivity contribution >= 4 is 55.3 Å². The van der Waals surface area contributed by atoms with Crippen LogP contribution in [0.15, 0.2) is 108 Å². The molecule has 0 fully saturated rings. The Labute approximate surface area is 255 Å². The summed E-state index contributed by atoms with van der Waals surface area (Å²) < 4.78 is 6.31. The molecule has 6 aromatic carbocycles. The molecule has 8 rings (SSSR count). The van der Waals surface area contributed by atoms with E-state index in [0.29, 0.717) is 5.02 Å². The molecule has 2 heterocycles. The fourth-order valence-electron chi connectivity index (χ4n) is 7.09. The van der Waals surface area contributed by atoms with Gasteiger partial charge in [-0.15, -0.1) is 0 Å². The maximum Gasteiger partial charge on any atom is 0.137 e. The highest BCUT2D eigenvalue weighted by Crippen LogP contribution is 2.45. The van der Waals surface area contributed by atoms with Gasteiger partial charge in [0, 0.05) is 43.7 Å². The van der Waals surface area contributed by atoms with Gasteiger partial charge in [-0.05, 0) is 114 Å². The Bertz CT molecular complexity index is 2360. The molecule has 8 aromatic rings. The largest absolute Gasteiger partial charge is 0.456 e. The van der Waals surface area contributed by atoms with E-state index in [-0.39, 0.29) is 0 Å². The second kappa shape index (κ2) is 9.62. The van der Waals surface area contributed by atoms with Crippen LogP contribution in [0.2, 0.25) is 5.02 Å². The first kappa shape index (κ1) is 25.9. The van der Waals surface area contributed by atoms with Crippen molar-refractivity contribution in [2.45, 2.75) is 27.7 Å². The van der Waals surface area contributed by atoms with Crippen molar-refractivity contribution in [3.8, 4) is 33.4 Å². The molecular formula is C40H30ClNO. The third kappa shape index (κ3) is 4.01. The van der Waals surface area contributed by atoms with E-state index in [9.17, 15) is 0 Å². The Morgan fingerprint density at radius 1 is 0.535 bits per heavy atom. The molecule has 0 aliphatic heterocycles. The Kier molecular flexibility index (Phi) is 5.79. The summed E-state index contributed by atoms with van der Waals surface area (Å²) in [5, 5.41) is 5.22. The van der Waals surface area contributed by atoms with Gasteiger partial charge in [0.2, 0.25) is 0 Å². The van der Waals surface area contributed by atoms with Crippen molar-refractivity contribution in [1.29, 1.82) is 0 Å². The third-order valence-corrected chi connectivity index (χ3v) is 9.20. The third-order valence-electron chi connectivity index (χ3n) is 8.98. The lowest BCUT2D eigenvalue weighted by Crippen LogP contribution is -1.91. The number of H-pyrrole nitrogens is 1. The zero-order chi connectivity index (χ0) is 29.4. The number of fused-ring (bicyclic) bond motifs is 6. The summed E-state index contributed by atoms with van der Waals surface area (Å²) >= 11 is 6.79. The van der Waals surface area contributed by atoms with Gasteiger partial charge in [0.25, 0.3) is 0 Å². The summed E-state index contributed by atoms with van der Waals surface area (Å²) in [6, 6.07) is 36.8. The molecule has 0 radical (unpaired) electrons. The maximum absolute atomic E-state index is 6.79. The van der Waals surface area contributed by atoms with Gasteiger partial charge in [0.05, 0.1) is 5.52 Å². The predicted octanol–water partition coefficient (Wildman–Crippen LogP) is 12.1. The Balaban J connectivity index is 1.52. The number of rotatable bonds is 3. The number of hydrogen-bond donors (Lipinski definition) is 1. The lowest BCUT2D eigenvalue weighted by molar-refractivity contribution is 0.669. The van der Waals surface area contributed by atoms with Crippen LogP contribution >= 0.6 is 11.6 Å². The molecule has 2 nitrogen and oxygen atoms in total. The second-order valence-electron chi connectivity index (χ2n) is 11.8. The normalized spacial score (nSPS) is 11.8. The van der Waals surface area contributed by atoms with Gasteiger partial charge in [-0.1, -0.05) is 72.3 Å². The smallest absolute Gasteiger partial charge is 0.137 e. The van der Waals surface area contributed by atoms with E-state index in [1.807, 2.05) is 18.2 Å². The number of benzene rings is 6. The minimum atomic E-state index is 0.653. The maximum atomic E-state index is 6.79. The van der Waals surface area contributed by atoms with Crippen LogP contribution in [-0.2, 0) is 0 Å². The van der Waals surface area contributed by atoms with Gasteiger partial charge in [0.1, 0.15) is 11.2 Å². The number of halogens is 1. The van der Waals surface area contributed by atoms with E-state index in [0.717, 1.165) is 44.1 Å². The number of aryl methyl sites for hydroxylation is 4. The van der Waals surface area contributed by atoms with E-state index in [1.165, 1.54) is 55.3 Å². The van der Waals surface area contributed by atoms with E-state index < -0.39 is 0 Å². The van der Waals surface area contributed by atoms with Gasteiger partial charge < -0.3 is 9.40 Å². The Morgan fingerprint density at radius 3 is 1.91 bits per heavy atom. The molecule has 0 aliphatic rings. The van der Waals surface area contributed by atoms with Crippen LogP contribution in [0.5, 0.6) is 0 Å². The van der Waals surface area contributed by atoms with Crippen LogP contribution in [0.1, 0.15) is 22.3 Å². The van der Waals surface area contributed by atoms with Crippen molar-refractivity contribution in [2.75, 3.05) is 0 Å². The SMILES string of the molecule is Cc1cccc(C)c1-c1ccc2[nH]c3c(-c4cc(Cl)cc5oc6ccccc6c45)cc(-c4c(C)cccc4C)cc3c2c1. The molecule has 1 N–H and O–H groups in total. The number of nitrogens with one attached hydrogen (secondary N) is 1. The summed E-state index contributed by atoms with van der Waals surface area (Å²) in [5.41, 5.74) is 16.1. The van der Waals surface area contributed by atoms with Gasteiger partial charge in [0.15, 0.2) is 0 Å². The molecule has 43 heavy (non-hydrogen) atoms. The van der Waals surface area contributed by atoms with E-state index in [2.05, 4.69) is 118 Å². The highest BCUT2D eigenvalue weighted by atomic mass is 35.5. The topological polar surface area (TPSA) is 28.9 Å². The highest BCUT2D eigenvalue weighted by molar-refractivity contribution is 6.33. The summed E-state index contributed by atoms with van der Waals surface area (Å²) in [5.74, 6) is 0. The molecule has 0 amide bonds. The molecule has 0 atom stereocenters. The molecule has 0 saturated heterocycles. The summed E-state index contributed by atoms with van der Waals surface area (Å²) in [6.07, 6.45) is 0. The number of aromatic amines is 1. The van der Waals surface area contributed by atoms with Crippen LogP contribution in [0.3, 0.4) is 0 Å². The van der Waals surface area contributed by atoms with Crippen molar-refractivity contribution in [2.24, 2.45) is 0 Å². The molecule has 2 aromatic heterocycles. The first-order chi connectivity index (χ1) is 20.9. The van der Waals surface area contributed by atoms with Crippen LogP contribution < -0.4 is 0 Å². The van der Waals surface area contributed by atoms with Gasteiger partial charge in [-0.2, -0.15) is 0 Å². The van der Waals surface area contributed by atoms with Crippen LogP contribution in [0.4, 0.5) is 0 Å². The van der Waals surface area contributed by atoms with Crippen molar-refractivity contribution in [3.05, 3.63) is 130 Å². The second-order valence-corrected chi connectivity index (χ2v) is 12.2. The van der Waals surface area contributed by atoms with Crippen molar-refractivity contribution in [3.63, 3.8) is 0 Å². The standard InChI is InChI=1S/C40H30ClNO/c1-22-9-7-10-23(2)37(22)26-15-16-34-30(17-26)32-18-27(38-24(3)11-8-12-25(38)4)19-33(40(32)42-34)31-20-28(41)21-36-39(31)29-13-5-6-14-35(29)43-36/h5-21,42H,1-4H3. The minimum Gasteiger partial charge on any atom is -0.456 e. The quantitative estimate of drug-likeness (QED) is 0.223. The van der Waals surface area contributed by atoms with Crippen LogP contribution in [-0.4, -0.2) is 4.98 Å². The van der Waals surface area contributed by atoms with Crippen molar-refractivity contribution < 1.29 is 4.42 Å². The lowest BCUT2D eigenvalue weighted by Gasteiger charge is -2.14. The number of aromatic nitrogens is 1.